The molecule has 0 spiro atoms. The molecule has 0 amide bonds. The van der Waals surface area contributed by atoms with Gasteiger partial charge in [-0.3, -0.25) is 9.59 Å². The van der Waals surface area contributed by atoms with Crippen molar-refractivity contribution in [3.8, 4) is 0 Å². The van der Waals surface area contributed by atoms with Gasteiger partial charge in [0.15, 0.2) is 0 Å². The van der Waals surface area contributed by atoms with Crippen molar-refractivity contribution in [3.63, 3.8) is 0 Å². The molecule has 0 fully saturated rings. The van der Waals surface area contributed by atoms with E-state index in [1.54, 1.807) is 0 Å². The smallest absolute Gasteiger partial charge is 0.305 e. The predicted octanol–water partition coefficient (Wildman–Crippen LogP) is -0.346. The number of carbonyl (C=O) groups is 3. The third-order valence-electron chi connectivity index (χ3n) is 1.03. The SMILES string of the molecule is CC(=O)OC(COCC=O)OC(C)=O. The van der Waals surface area contributed by atoms with E-state index in [1.807, 2.05) is 0 Å². The highest BCUT2D eigenvalue weighted by Gasteiger charge is 2.14. The Morgan fingerprint density at radius 2 is 1.71 bits per heavy atom. The number of aldehydes is 1. The maximum absolute atomic E-state index is 10.5. The largest absolute Gasteiger partial charge is 0.423 e. The number of carbonyl (C=O) groups excluding carboxylic acids is 3. The number of rotatable bonds is 6. The van der Waals surface area contributed by atoms with Crippen LogP contribution in [-0.4, -0.2) is 37.7 Å². The molecule has 6 nitrogen and oxygen atoms in total. The zero-order chi connectivity index (χ0) is 11.0. The number of esters is 2. The Morgan fingerprint density at radius 1 is 1.21 bits per heavy atom. The summed E-state index contributed by atoms with van der Waals surface area (Å²) in [7, 11) is 0. The Bertz CT molecular complexity index is 196. The maximum Gasteiger partial charge on any atom is 0.305 e. The average molecular weight is 204 g/mol. The van der Waals surface area contributed by atoms with Crippen LogP contribution in [0.3, 0.4) is 0 Å². The predicted molar refractivity (Wildman–Crippen MR) is 44.2 cm³/mol. The van der Waals surface area contributed by atoms with Gasteiger partial charge in [-0.05, 0) is 0 Å². The summed E-state index contributed by atoms with van der Waals surface area (Å²) in [5.74, 6) is -1.18. The summed E-state index contributed by atoms with van der Waals surface area (Å²) in [5, 5.41) is 0. The molecule has 0 aromatic carbocycles. The van der Waals surface area contributed by atoms with E-state index in [1.165, 1.54) is 13.8 Å². The van der Waals surface area contributed by atoms with Crippen molar-refractivity contribution in [3.05, 3.63) is 0 Å². The summed E-state index contributed by atoms with van der Waals surface area (Å²) in [6.45, 7) is 2.06. The van der Waals surface area contributed by atoms with Crippen LogP contribution in [0, 0.1) is 0 Å². The van der Waals surface area contributed by atoms with E-state index in [4.69, 9.17) is 4.74 Å². The molecule has 6 heteroatoms. The molecule has 0 bridgehead atoms. The summed E-state index contributed by atoms with van der Waals surface area (Å²) in [5.41, 5.74) is 0. The Hall–Kier alpha value is -1.43. The van der Waals surface area contributed by atoms with Crippen LogP contribution in [0.4, 0.5) is 0 Å². The molecule has 80 valence electrons. The molecular formula is C8H12O6. The highest BCUT2D eigenvalue weighted by molar-refractivity contribution is 5.68. The normalized spacial score (nSPS) is 9.64. The molecule has 0 aliphatic carbocycles. The topological polar surface area (TPSA) is 78.9 Å². The molecular weight excluding hydrogens is 192 g/mol. The molecule has 0 saturated heterocycles. The molecule has 0 radical (unpaired) electrons. The molecule has 0 aromatic heterocycles. The Balaban J connectivity index is 3.89. The molecule has 0 aliphatic heterocycles. The van der Waals surface area contributed by atoms with E-state index in [-0.39, 0.29) is 13.2 Å². The lowest BCUT2D eigenvalue weighted by atomic mass is 10.6. The lowest BCUT2D eigenvalue weighted by Crippen LogP contribution is -2.27. The zero-order valence-corrected chi connectivity index (χ0v) is 8.02. The second-order valence-corrected chi connectivity index (χ2v) is 2.35. The number of hydrogen-bond acceptors (Lipinski definition) is 6. The van der Waals surface area contributed by atoms with Crippen molar-refractivity contribution in [2.45, 2.75) is 20.1 Å². The molecule has 0 unspecified atom stereocenters. The van der Waals surface area contributed by atoms with Crippen molar-refractivity contribution in [2.75, 3.05) is 13.2 Å². The van der Waals surface area contributed by atoms with E-state index in [9.17, 15) is 14.4 Å². The van der Waals surface area contributed by atoms with Gasteiger partial charge in [0, 0.05) is 13.8 Å². The van der Waals surface area contributed by atoms with Gasteiger partial charge in [0.25, 0.3) is 6.29 Å². The Labute approximate surface area is 81.1 Å². The van der Waals surface area contributed by atoms with Crippen LogP contribution < -0.4 is 0 Å². The number of hydrogen-bond donors (Lipinski definition) is 0. The van der Waals surface area contributed by atoms with E-state index in [0.717, 1.165) is 0 Å². The molecule has 0 heterocycles. The average Bonchev–Trinajstić information content (AvgIpc) is 2.02. The maximum atomic E-state index is 10.5. The summed E-state index contributed by atoms with van der Waals surface area (Å²) >= 11 is 0. The van der Waals surface area contributed by atoms with Gasteiger partial charge in [0.1, 0.15) is 19.5 Å². The fourth-order valence-corrected chi connectivity index (χ4v) is 0.675. The van der Waals surface area contributed by atoms with E-state index < -0.39 is 18.2 Å². The first-order valence-electron chi connectivity index (χ1n) is 3.92. The fraction of sp³-hybridized carbons (Fsp3) is 0.625. The van der Waals surface area contributed by atoms with Gasteiger partial charge in [-0.1, -0.05) is 0 Å². The van der Waals surface area contributed by atoms with Gasteiger partial charge >= 0.3 is 11.9 Å². The molecule has 0 aromatic rings. The van der Waals surface area contributed by atoms with Crippen molar-refractivity contribution >= 4 is 18.2 Å². The molecule has 0 saturated carbocycles. The first-order chi connectivity index (χ1) is 6.56. The van der Waals surface area contributed by atoms with Crippen LogP contribution in [0.5, 0.6) is 0 Å². The monoisotopic (exact) mass is 204 g/mol. The fourth-order valence-electron chi connectivity index (χ4n) is 0.675. The lowest BCUT2D eigenvalue weighted by Gasteiger charge is -2.15. The van der Waals surface area contributed by atoms with E-state index in [2.05, 4.69) is 9.47 Å². The minimum atomic E-state index is -1.09. The quantitative estimate of drug-likeness (QED) is 0.255. The van der Waals surface area contributed by atoms with Crippen LogP contribution in [0.1, 0.15) is 13.8 Å². The van der Waals surface area contributed by atoms with Crippen molar-refractivity contribution in [1.82, 2.24) is 0 Å². The van der Waals surface area contributed by atoms with Gasteiger partial charge in [-0.25, -0.2) is 0 Å². The summed E-state index contributed by atoms with van der Waals surface area (Å²) in [6.07, 6.45) is -0.552. The Kier molecular flexibility index (Phi) is 6.30. The van der Waals surface area contributed by atoms with E-state index in [0.29, 0.717) is 6.29 Å². The third kappa shape index (κ3) is 7.23. The second kappa shape index (κ2) is 7.02. The van der Waals surface area contributed by atoms with Crippen LogP contribution in [-0.2, 0) is 28.6 Å². The highest BCUT2D eigenvalue weighted by atomic mass is 16.7. The van der Waals surface area contributed by atoms with Crippen LogP contribution >= 0.6 is 0 Å². The summed E-state index contributed by atoms with van der Waals surface area (Å²) in [4.78, 5) is 30.9. The zero-order valence-electron chi connectivity index (χ0n) is 8.02. The van der Waals surface area contributed by atoms with Crippen LogP contribution in [0.2, 0.25) is 0 Å². The van der Waals surface area contributed by atoms with Gasteiger partial charge in [-0.15, -0.1) is 0 Å². The van der Waals surface area contributed by atoms with Gasteiger partial charge in [0.2, 0.25) is 0 Å². The molecule has 14 heavy (non-hydrogen) atoms. The van der Waals surface area contributed by atoms with Gasteiger partial charge < -0.3 is 19.0 Å². The Morgan fingerprint density at radius 3 is 2.07 bits per heavy atom. The second-order valence-electron chi connectivity index (χ2n) is 2.35. The first kappa shape index (κ1) is 12.6. The standard InChI is InChI=1S/C8H12O6/c1-6(10)13-8(14-7(2)11)5-12-4-3-9/h3,8H,4-5H2,1-2H3. The number of ether oxygens (including phenoxy) is 3. The van der Waals surface area contributed by atoms with Crippen molar-refractivity contribution in [1.29, 1.82) is 0 Å². The van der Waals surface area contributed by atoms with Crippen molar-refractivity contribution < 1.29 is 28.6 Å². The molecule has 0 N–H and O–H groups in total. The van der Waals surface area contributed by atoms with Crippen molar-refractivity contribution in [2.24, 2.45) is 0 Å². The van der Waals surface area contributed by atoms with Crippen LogP contribution in [0.25, 0.3) is 0 Å². The first-order valence-corrected chi connectivity index (χ1v) is 3.92. The molecule has 0 aliphatic rings. The minimum absolute atomic E-state index is 0.140. The lowest BCUT2D eigenvalue weighted by molar-refractivity contribution is -0.193. The highest BCUT2D eigenvalue weighted by Crippen LogP contribution is 1.97. The van der Waals surface area contributed by atoms with Gasteiger partial charge in [-0.2, -0.15) is 0 Å². The van der Waals surface area contributed by atoms with E-state index >= 15 is 0 Å². The third-order valence-corrected chi connectivity index (χ3v) is 1.03. The molecule has 0 rings (SSSR count). The summed E-state index contributed by atoms with van der Waals surface area (Å²) < 4.78 is 13.9. The minimum Gasteiger partial charge on any atom is -0.423 e. The van der Waals surface area contributed by atoms with Gasteiger partial charge in [0.05, 0.1) is 0 Å². The van der Waals surface area contributed by atoms with Crippen LogP contribution in [0.15, 0.2) is 0 Å². The summed E-state index contributed by atoms with van der Waals surface area (Å²) in [6, 6.07) is 0. The molecule has 0 atom stereocenters.